The molecule has 0 spiro atoms. The van der Waals surface area contributed by atoms with Gasteiger partial charge < -0.3 is 10.2 Å². The molecule has 0 saturated carbocycles. The van der Waals surface area contributed by atoms with E-state index in [2.05, 4.69) is 10.0 Å². The van der Waals surface area contributed by atoms with Crippen molar-refractivity contribution in [1.82, 2.24) is 14.9 Å². The lowest BCUT2D eigenvalue weighted by atomic mass is 10.1. The van der Waals surface area contributed by atoms with E-state index in [9.17, 15) is 13.2 Å². The molecule has 0 radical (unpaired) electrons. The van der Waals surface area contributed by atoms with Crippen molar-refractivity contribution in [2.45, 2.75) is 37.2 Å². The van der Waals surface area contributed by atoms with Crippen LogP contribution >= 0.6 is 23.2 Å². The highest BCUT2D eigenvalue weighted by molar-refractivity contribution is 7.89. The van der Waals surface area contributed by atoms with Gasteiger partial charge in [-0.25, -0.2) is 13.1 Å². The van der Waals surface area contributed by atoms with Crippen molar-refractivity contribution in [1.29, 1.82) is 0 Å². The molecule has 0 aliphatic carbocycles. The second-order valence-electron chi connectivity index (χ2n) is 5.77. The van der Waals surface area contributed by atoms with Gasteiger partial charge >= 0.3 is 0 Å². The van der Waals surface area contributed by atoms with Gasteiger partial charge in [0.2, 0.25) is 15.9 Å². The minimum Gasteiger partial charge on any atom is -0.337 e. The third kappa shape index (κ3) is 4.40. The molecule has 1 aromatic carbocycles. The zero-order valence-electron chi connectivity index (χ0n) is 13.6. The summed E-state index contributed by atoms with van der Waals surface area (Å²) in [7, 11) is -3.87. The molecule has 1 fully saturated rings. The van der Waals surface area contributed by atoms with Gasteiger partial charge in [-0.15, -0.1) is 0 Å². The predicted molar refractivity (Wildman–Crippen MR) is 94.9 cm³/mol. The number of amides is 1. The minimum absolute atomic E-state index is 0.00620. The summed E-state index contributed by atoms with van der Waals surface area (Å²) in [5.41, 5.74) is 0. The highest BCUT2D eigenvalue weighted by atomic mass is 35.5. The van der Waals surface area contributed by atoms with E-state index in [1.165, 1.54) is 12.1 Å². The highest BCUT2D eigenvalue weighted by Gasteiger charge is 2.28. The zero-order chi connectivity index (χ0) is 17.9. The van der Waals surface area contributed by atoms with E-state index in [4.69, 9.17) is 23.2 Å². The fourth-order valence-corrected chi connectivity index (χ4v) is 4.83. The third-order valence-electron chi connectivity index (χ3n) is 4.17. The molecule has 1 amide bonds. The molecular weight excluding hydrogens is 373 g/mol. The van der Waals surface area contributed by atoms with Gasteiger partial charge in [0.1, 0.15) is 4.90 Å². The Labute approximate surface area is 152 Å². The first kappa shape index (κ1) is 19.5. The molecule has 2 atom stereocenters. The maximum absolute atomic E-state index is 12.3. The van der Waals surface area contributed by atoms with E-state index in [1.54, 1.807) is 11.0 Å². The molecule has 0 aromatic heterocycles. The molecule has 134 valence electrons. The van der Waals surface area contributed by atoms with Crippen LogP contribution in [0.3, 0.4) is 0 Å². The number of sulfonamides is 1. The third-order valence-corrected chi connectivity index (χ3v) is 6.59. The molecule has 9 heteroatoms. The van der Waals surface area contributed by atoms with Gasteiger partial charge in [0, 0.05) is 38.1 Å². The number of benzene rings is 1. The van der Waals surface area contributed by atoms with Gasteiger partial charge in [-0.05, 0) is 26.0 Å². The first-order chi connectivity index (χ1) is 11.2. The Morgan fingerprint density at radius 3 is 2.58 bits per heavy atom. The zero-order valence-corrected chi connectivity index (χ0v) is 15.9. The number of nitrogens with one attached hydrogen (secondary N) is 2. The molecule has 1 aliphatic rings. The van der Waals surface area contributed by atoms with E-state index in [0.29, 0.717) is 6.54 Å². The first-order valence-electron chi connectivity index (χ1n) is 7.70. The van der Waals surface area contributed by atoms with Crippen molar-refractivity contribution < 1.29 is 13.2 Å². The van der Waals surface area contributed by atoms with Gasteiger partial charge in [0.25, 0.3) is 0 Å². The summed E-state index contributed by atoms with van der Waals surface area (Å²) in [6.45, 7) is 5.34. The summed E-state index contributed by atoms with van der Waals surface area (Å²) >= 11 is 11.9. The van der Waals surface area contributed by atoms with Crippen LogP contribution in [-0.2, 0) is 14.8 Å². The number of hydrogen-bond acceptors (Lipinski definition) is 4. The number of piperazine rings is 1. The number of hydrogen-bond donors (Lipinski definition) is 2. The molecule has 2 rings (SSSR count). The van der Waals surface area contributed by atoms with Gasteiger partial charge in [-0.1, -0.05) is 29.3 Å². The average molecular weight is 394 g/mol. The van der Waals surface area contributed by atoms with Crippen LogP contribution < -0.4 is 10.0 Å². The molecule has 2 unspecified atom stereocenters. The van der Waals surface area contributed by atoms with Gasteiger partial charge in [0.15, 0.2) is 0 Å². The lowest BCUT2D eigenvalue weighted by Crippen LogP contribution is -2.57. The van der Waals surface area contributed by atoms with Crippen LogP contribution in [0.1, 0.15) is 20.3 Å². The predicted octanol–water partition coefficient (Wildman–Crippen LogP) is 1.87. The van der Waals surface area contributed by atoms with Crippen molar-refractivity contribution in [2.24, 2.45) is 0 Å². The maximum atomic E-state index is 12.3. The lowest BCUT2D eigenvalue weighted by molar-refractivity contribution is -0.134. The molecule has 0 bridgehead atoms. The largest absolute Gasteiger partial charge is 0.337 e. The molecule has 6 nitrogen and oxygen atoms in total. The van der Waals surface area contributed by atoms with Crippen LogP contribution in [0, 0.1) is 0 Å². The van der Waals surface area contributed by atoms with Gasteiger partial charge in [-0.3, -0.25) is 4.79 Å². The number of carbonyl (C=O) groups excluding carboxylic acids is 1. The molecule has 1 saturated heterocycles. The van der Waals surface area contributed by atoms with E-state index in [-0.39, 0.29) is 45.9 Å². The van der Waals surface area contributed by atoms with Crippen LogP contribution in [0.2, 0.25) is 10.0 Å². The normalized spacial score (nSPS) is 21.8. The van der Waals surface area contributed by atoms with E-state index in [0.717, 1.165) is 6.54 Å². The Hall–Kier alpha value is -0.860. The maximum Gasteiger partial charge on any atom is 0.243 e. The highest BCUT2D eigenvalue weighted by Crippen LogP contribution is 2.28. The van der Waals surface area contributed by atoms with Crippen LogP contribution in [0.25, 0.3) is 0 Å². The fourth-order valence-electron chi connectivity index (χ4n) is 2.66. The van der Waals surface area contributed by atoms with Crippen molar-refractivity contribution in [3.63, 3.8) is 0 Å². The Morgan fingerprint density at radius 2 is 1.96 bits per heavy atom. The SMILES string of the molecule is CC1NCCN(C(=O)CCNS(=O)(=O)c2c(Cl)cccc2Cl)C1C. The van der Waals surface area contributed by atoms with Crippen LogP contribution in [0.15, 0.2) is 23.1 Å². The topological polar surface area (TPSA) is 78.5 Å². The number of nitrogens with zero attached hydrogens (tertiary/aromatic N) is 1. The lowest BCUT2D eigenvalue weighted by Gasteiger charge is -2.38. The molecule has 2 N–H and O–H groups in total. The van der Waals surface area contributed by atoms with E-state index >= 15 is 0 Å². The Balaban J connectivity index is 1.97. The smallest absolute Gasteiger partial charge is 0.243 e. The second kappa shape index (κ2) is 8.01. The van der Waals surface area contributed by atoms with E-state index < -0.39 is 10.0 Å². The second-order valence-corrected chi connectivity index (χ2v) is 8.29. The summed E-state index contributed by atoms with van der Waals surface area (Å²) in [6, 6.07) is 4.76. The van der Waals surface area contributed by atoms with E-state index in [1.807, 2.05) is 13.8 Å². The summed E-state index contributed by atoms with van der Waals surface area (Å²) in [4.78, 5) is 13.9. The van der Waals surface area contributed by atoms with Crippen LogP contribution in [0.5, 0.6) is 0 Å². The summed E-state index contributed by atoms with van der Waals surface area (Å²) < 4.78 is 27.1. The summed E-state index contributed by atoms with van der Waals surface area (Å²) in [5.74, 6) is -0.0798. The summed E-state index contributed by atoms with van der Waals surface area (Å²) in [6.07, 6.45) is 0.0817. The molecule has 1 aliphatic heterocycles. The number of rotatable bonds is 5. The molecule has 24 heavy (non-hydrogen) atoms. The molecule has 1 aromatic rings. The standard InChI is InChI=1S/C15H21Cl2N3O3S/c1-10-11(2)20(9-8-18-10)14(21)6-7-19-24(22,23)15-12(16)4-3-5-13(15)17/h3-5,10-11,18-19H,6-9H2,1-2H3. The number of halogens is 2. The van der Waals surface area contributed by atoms with Gasteiger partial charge in [0.05, 0.1) is 10.0 Å². The van der Waals surface area contributed by atoms with Gasteiger partial charge in [-0.2, -0.15) is 0 Å². The first-order valence-corrected chi connectivity index (χ1v) is 9.94. The van der Waals surface area contributed by atoms with Crippen molar-refractivity contribution in [3.05, 3.63) is 28.2 Å². The van der Waals surface area contributed by atoms with Crippen molar-refractivity contribution in [3.8, 4) is 0 Å². The van der Waals surface area contributed by atoms with Crippen LogP contribution in [0.4, 0.5) is 0 Å². The van der Waals surface area contributed by atoms with Crippen molar-refractivity contribution >= 4 is 39.1 Å². The minimum atomic E-state index is -3.87. The number of carbonyl (C=O) groups is 1. The Morgan fingerprint density at radius 1 is 1.33 bits per heavy atom. The molecule has 1 heterocycles. The monoisotopic (exact) mass is 393 g/mol. The average Bonchev–Trinajstić information content (AvgIpc) is 2.49. The van der Waals surface area contributed by atoms with Crippen molar-refractivity contribution in [2.75, 3.05) is 19.6 Å². The fraction of sp³-hybridized carbons (Fsp3) is 0.533. The van der Waals surface area contributed by atoms with Crippen LogP contribution in [-0.4, -0.2) is 50.9 Å². The Kier molecular flexibility index (Phi) is 6.50. The summed E-state index contributed by atoms with van der Waals surface area (Å²) in [5, 5.41) is 3.39. The molecular formula is C15H21Cl2N3O3S. The quantitative estimate of drug-likeness (QED) is 0.799. The Bertz CT molecular complexity index is 692.